The largest absolute Gasteiger partial charge is 0.370 e. The van der Waals surface area contributed by atoms with Crippen molar-refractivity contribution in [2.45, 2.75) is 59.7 Å². The van der Waals surface area contributed by atoms with Crippen molar-refractivity contribution in [1.82, 2.24) is 9.55 Å². The molecule has 4 rings (SSSR count). The monoisotopic (exact) mass is 410 g/mol. The quantitative estimate of drug-likeness (QED) is 0.495. The average Bonchev–Trinajstić information content (AvgIpc) is 3.03. The van der Waals surface area contributed by atoms with Gasteiger partial charge in [-0.1, -0.05) is 24.6 Å². The number of anilines is 1. The number of nitrogens with zero attached hydrogens (tertiary/aromatic N) is 3. The van der Waals surface area contributed by atoms with E-state index in [0.29, 0.717) is 24.4 Å². The molecule has 3 aromatic rings. The Hall–Kier alpha value is -2.51. The number of aromatic nitrogens is 2. The molecule has 152 valence electrons. The van der Waals surface area contributed by atoms with Crippen molar-refractivity contribution < 1.29 is 4.74 Å². The summed E-state index contributed by atoms with van der Waals surface area (Å²) in [6, 6.07) is 7.88. The van der Waals surface area contributed by atoms with Crippen molar-refractivity contribution >= 4 is 33.2 Å². The minimum atomic E-state index is -0.290. The lowest BCUT2D eigenvalue weighted by atomic mass is 9.94. The molecular weight excluding hydrogens is 384 g/mol. The second-order valence-electron chi connectivity index (χ2n) is 8.13. The van der Waals surface area contributed by atoms with Crippen molar-refractivity contribution in [2.75, 3.05) is 5.43 Å². The fourth-order valence-corrected chi connectivity index (χ4v) is 4.52. The minimum Gasteiger partial charge on any atom is -0.370 e. The third-order valence-corrected chi connectivity index (χ3v) is 6.35. The molecular formula is C22H26N4O2S. The molecule has 0 aliphatic carbocycles. The van der Waals surface area contributed by atoms with E-state index in [-0.39, 0.29) is 11.2 Å². The molecule has 0 radical (unpaired) electrons. The summed E-state index contributed by atoms with van der Waals surface area (Å²) in [4.78, 5) is 20.3. The second kappa shape index (κ2) is 7.39. The van der Waals surface area contributed by atoms with E-state index in [9.17, 15) is 4.79 Å². The molecule has 6 nitrogen and oxygen atoms in total. The molecule has 0 unspecified atom stereocenters. The standard InChI is InChI=1S/C22H26N4O2S/c1-6-14(3)24-25-21-23-19-18(16-11-22(4,5)28-12-17(16)29-19)20(27)26(21)15-9-7-13(2)8-10-15/h7-10H,6,11-12H2,1-5H3,(H,23,25)/b24-14+. The van der Waals surface area contributed by atoms with Crippen LogP contribution in [0.5, 0.6) is 0 Å². The maximum absolute atomic E-state index is 13.7. The van der Waals surface area contributed by atoms with Gasteiger partial charge in [0.15, 0.2) is 0 Å². The Balaban J connectivity index is 1.97. The van der Waals surface area contributed by atoms with Gasteiger partial charge in [0.05, 0.1) is 23.3 Å². The number of thiophene rings is 1. The number of fused-ring (bicyclic) bond motifs is 3. The molecule has 0 saturated carbocycles. The maximum Gasteiger partial charge on any atom is 0.268 e. The van der Waals surface area contributed by atoms with Gasteiger partial charge in [-0.2, -0.15) is 5.10 Å². The van der Waals surface area contributed by atoms with Gasteiger partial charge in [0.2, 0.25) is 5.95 Å². The Labute approximate surface area is 174 Å². The van der Waals surface area contributed by atoms with Crippen molar-refractivity contribution in [3.8, 4) is 5.69 Å². The first kappa shape index (κ1) is 19.8. The van der Waals surface area contributed by atoms with Crippen molar-refractivity contribution in [2.24, 2.45) is 5.10 Å². The molecule has 1 N–H and O–H groups in total. The summed E-state index contributed by atoms with van der Waals surface area (Å²) in [5.41, 5.74) is 6.58. The Morgan fingerprint density at radius 1 is 1.34 bits per heavy atom. The van der Waals surface area contributed by atoms with Gasteiger partial charge in [0, 0.05) is 17.0 Å². The van der Waals surface area contributed by atoms with Gasteiger partial charge in [0.25, 0.3) is 5.56 Å². The zero-order valence-corrected chi connectivity index (χ0v) is 18.3. The van der Waals surface area contributed by atoms with Crippen LogP contribution in [0.1, 0.15) is 50.1 Å². The molecule has 0 atom stereocenters. The molecule has 1 aliphatic heterocycles. The zero-order valence-electron chi connectivity index (χ0n) is 17.5. The molecule has 2 aromatic heterocycles. The van der Waals surface area contributed by atoms with E-state index < -0.39 is 0 Å². The highest BCUT2D eigenvalue weighted by Crippen LogP contribution is 2.37. The number of hydrazone groups is 1. The number of ether oxygens (including phenoxy) is 1. The average molecular weight is 411 g/mol. The molecule has 7 heteroatoms. The van der Waals surface area contributed by atoms with Crippen LogP contribution in [-0.4, -0.2) is 20.9 Å². The smallest absolute Gasteiger partial charge is 0.268 e. The van der Waals surface area contributed by atoms with Crippen molar-refractivity contribution in [3.05, 3.63) is 50.6 Å². The first-order valence-electron chi connectivity index (χ1n) is 9.86. The summed E-state index contributed by atoms with van der Waals surface area (Å²) in [6.45, 7) is 10.7. The van der Waals surface area contributed by atoms with Gasteiger partial charge < -0.3 is 4.74 Å². The third kappa shape index (κ3) is 3.72. The molecule has 0 saturated heterocycles. The molecule has 0 bridgehead atoms. The molecule has 0 amide bonds. The first-order valence-corrected chi connectivity index (χ1v) is 10.7. The summed E-state index contributed by atoms with van der Waals surface area (Å²) >= 11 is 1.54. The number of benzene rings is 1. The predicted octanol–water partition coefficient (Wildman–Crippen LogP) is 4.80. The molecule has 1 aromatic carbocycles. The lowest BCUT2D eigenvalue weighted by Gasteiger charge is -2.29. The SMILES string of the molecule is CC/C(C)=N/Nc1nc2sc3c(c2c(=O)n1-c1ccc(C)cc1)CC(C)(C)OC3. The predicted molar refractivity (Wildman–Crippen MR) is 120 cm³/mol. The number of nitrogens with one attached hydrogen (secondary N) is 1. The fourth-order valence-electron chi connectivity index (χ4n) is 3.43. The van der Waals surface area contributed by atoms with Crippen LogP contribution in [0.15, 0.2) is 34.2 Å². The van der Waals surface area contributed by atoms with Gasteiger partial charge in [-0.05, 0) is 51.8 Å². The van der Waals surface area contributed by atoms with E-state index in [0.717, 1.165) is 38.7 Å². The zero-order chi connectivity index (χ0) is 20.8. The van der Waals surface area contributed by atoms with Gasteiger partial charge in [0.1, 0.15) is 4.83 Å². The van der Waals surface area contributed by atoms with Crippen LogP contribution in [0.3, 0.4) is 0 Å². The van der Waals surface area contributed by atoms with E-state index >= 15 is 0 Å². The van der Waals surface area contributed by atoms with Gasteiger partial charge in [-0.15, -0.1) is 11.3 Å². The van der Waals surface area contributed by atoms with Gasteiger partial charge >= 0.3 is 0 Å². The lowest BCUT2D eigenvalue weighted by Crippen LogP contribution is -2.32. The third-order valence-electron chi connectivity index (χ3n) is 5.26. The topological polar surface area (TPSA) is 68.5 Å². The Bertz CT molecular complexity index is 1160. The highest BCUT2D eigenvalue weighted by Gasteiger charge is 2.31. The van der Waals surface area contributed by atoms with Crippen molar-refractivity contribution in [3.63, 3.8) is 0 Å². The van der Waals surface area contributed by atoms with Gasteiger partial charge in [-0.25, -0.2) is 15.0 Å². The summed E-state index contributed by atoms with van der Waals surface area (Å²) < 4.78 is 7.58. The van der Waals surface area contributed by atoms with E-state index in [1.165, 1.54) is 11.3 Å². The van der Waals surface area contributed by atoms with Crippen LogP contribution < -0.4 is 11.0 Å². The molecule has 1 aliphatic rings. The number of hydrogen-bond acceptors (Lipinski definition) is 6. The Morgan fingerprint density at radius 2 is 2.07 bits per heavy atom. The molecule has 3 heterocycles. The maximum atomic E-state index is 13.7. The van der Waals surface area contributed by atoms with E-state index in [1.54, 1.807) is 4.57 Å². The molecule has 29 heavy (non-hydrogen) atoms. The summed E-state index contributed by atoms with van der Waals surface area (Å²) in [7, 11) is 0. The second-order valence-corrected chi connectivity index (χ2v) is 9.22. The van der Waals surface area contributed by atoms with E-state index in [2.05, 4.69) is 24.4 Å². The van der Waals surface area contributed by atoms with Gasteiger partial charge in [-0.3, -0.25) is 4.79 Å². The Morgan fingerprint density at radius 3 is 2.76 bits per heavy atom. The Kier molecular flexibility index (Phi) is 5.04. The minimum absolute atomic E-state index is 0.0686. The van der Waals surface area contributed by atoms with Crippen LogP contribution in [-0.2, 0) is 17.8 Å². The van der Waals surface area contributed by atoms with Crippen LogP contribution in [0.4, 0.5) is 5.95 Å². The van der Waals surface area contributed by atoms with Crippen LogP contribution in [0, 0.1) is 6.92 Å². The fraction of sp³-hybridized carbons (Fsp3) is 0.409. The van der Waals surface area contributed by atoms with Crippen LogP contribution in [0.2, 0.25) is 0 Å². The van der Waals surface area contributed by atoms with Crippen LogP contribution >= 0.6 is 11.3 Å². The summed E-state index contributed by atoms with van der Waals surface area (Å²) in [5.74, 6) is 0.429. The number of aryl methyl sites for hydroxylation is 1. The van der Waals surface area contributed by atoms with E-state index in [1.807, 2.05) is 45.0 Å². The summed E-state index contributed by atoms with van der Waals surface area (Å²) in [5, 5.41) is 5.09. The normalized spacial score (nSPS) is 16.1. The highest BCUT2D eigenvalue weighted by atomic mass is 32.1. The lowest BCUT2D eigenvalue weighted by molar-refractivity contribution is -0.0379. The first-order chi connectivity index (χ1) is 13.8. The number of hydrogen-bond donors (Lipinski definition) is 1. The van der Waals surface area contributed by atoms with Crippen molar-refractivity contribution in [1.29, 1.82) is 0 Å². The summed E-state index contributed by atoms with van der Waals surface area (Å²) in [6.07, 6.45) is 1.52. The molecule has 0 fully saturated rings. The van der Waals surface area contributed by atoms with E-state index in [4.69, 9.17) is 9.72 Å². The number of rotatable bonds is 4. The highest BCUT2D eigenvalue weighted by molar-refractivity contribution is 7.18. The molecule has 0 spiro atoms. The van der Waals surface area contributed by atoms with Crippen LogP contribution in [0.25, 0.3) is 15.9 Å².